The van der Waals surface area contributed by atoms with Gasteiger partial charge in [0.05, 0.1) is 18.1 Å². The summed E-state index contributed by atoms with van der Waals surface area (Å²) in [5.74, 6) is -0.387. The Labute approximate surface area is 90.6 Å². The van der Waals surface area contributed by atoms with Crippen LogP contribution >= 0.6 is 0 Å². The van der Waals surface area contributed by atoms with E-state index in [4.69, 9.17) is 5.26 Å². The molecular weight excluding hydrogens is 188 g/mol. The lowest BCUT2D eigenvalue weighted by molar-refractivity contribution is 0.118. The van der Waals surface area contributed by atoms with Crippen molar-refractivity contribution in [2.45, 2.75) is 6.10 Å². The Balaban J connectivity index is 2.74. The number of hydrogen-bond donors (Lipinski definition) is 1. The van der Waals surface area contributed by atoms with Gasteiger partial charge in [-0.05, 0) is 19.7 Å². The van der Waals surface area contributed by atoms with E-state index in [0.29, 0.717) is 6.54 Å². The maximum absolute atomic E-state index is 9.98. The molecule has 80 valence electrons. The molecule has 0 saturated carbocycles. The largest absolute Gasteiger partial charge is 0.387 e. The molecule has 0 heterocycles. The first-order valence-electron chi connectivity index (χ1n) is 4.92. The van der Waals surface area contributed by atoms with E-state index in [1.165, 1.54) is 0 Å². The van der Waals surface area contributed by atoms with Crippen LogP contribution in [0.4, 0.5) is 0 Å². The molecular formula is C12H16N2O. The number of rotatable bonds is 4. The Morgan fingerprint density at radius 2 is 1.93 bits per heavy atom. The summed E-state index contributed by atoms with van der Waals surface area (Å²) in [7, 11) is 3.78. The van der Waals surface area contributed by atoms with Crippen molar-refractivity contribution in [1.29, 1.82) is 5.26 Å². The molecule has 1 aromatic carbocycles. The zero-order valence-electron chi connectivity index (χ0n) is 9.09. The Morgan fingerprint density at radius 1 is 1.33 bits per heavy atom. The number of nitriles is 1. The van der Waals surface area contributed by atoms with Crippen molar-refractivity contribution in [3.8, 4) is 6.07 Å². The molecule has 0 spiro atoms. The Morgan fingerprint density at radius 3 is 2.40 bits per heavy atom. The van der Waals surface area contributed by atoms with Crippen molar-refractivity contribution in [2.75, 3.05) is 20.6 Å². The van der Waals surface area contributed by atoms with E-state index < -0.39 is 6.10 Å². The molecule has 3 nitrogen and oxygen atoms in total. The zero-order valence-corrected chi connectivity index (χ0v) is 9.09. The van der Waals surface area contributed by atoms with Crippen LogP contribution in [0.5, 0.6) is 0 Å². The van der Waals surface area contributed by atoms with E-state index >= 15 is 0 Å². The molecule has 0 aromatic heterocycles. The second-order valence-corrected chi connectivity index (χ2v) is 3.85. The van der Waals surface area contributed by atoms with E-state index in [0.717, 1.165) is 5.56 Å². The van der Waals surface area contributed by atoms with Crippen molar-refractivity contribution >= 4 is 0 Å². The van der Waals surface area contributed by atoms with E-state index in [1.807, 2.05) is 49.3 Å². The summed E-state index contributed by atoms with van der Waals surface area (Å²) >= 11 is 0. The number of benzene rings is 1. The van der Waals surface area contributed by atoms with Crippen LogP contribution in [0.15, 0.2) is 30.3 Å². The minimum absolute atomic E-state index is 0.387. The van der Waals surface area contributed by atoms with Crippen molar-refractivity contribution in [3.63, 3.8) is 0 Å². The van der Waals surface area contributed by atoms with Crippen molar-refractivity contribution in [1.82, 2.24) is 4.90 Å². The first-order valence-corrected chi connectivity index (χ1v) is 4.92. The highest BCUT2D eigenvalue weighted by atomic mass is 16.3. The second kappa shape index (κ2) is 5.50. The topological polar surface area (TPSA) is 47.3 Å². The van der Waals surface area contributed by atoms with E-state index in [-0.39, 0.29) is 5.92 Å². The quantitative estimate of drug-likeness (QED) is 0.807. The van der Waals surface area contributed by atoms with Crippen LogP contribution in [0.1, 0.15) is 11.7 Å². The molecule has 0 radical (unpaired) electrons. The molecule has 3 heteroatoms. The number of nitrogens with zero attached hydrogens (tertiary/aromatic N) is 2. The van der Waals surface area contributed by atoms with Gasteiger partial charge in [0.25, 0.3) is 0 Å². The molecule has 1 rings (SSSR count). The smallest absolute Gasteiger partial charge is 0.0960 e. The molecule has 0 aliphatic heterocycles. The van der Waals surface area contributed by atoms with Crippen molar-refractivity contribution < 1.29 is 5.11 Å². The number of aliphatic hydroxyl groups excluding tert-OH is 1. The molecule has 2 atom stereocenters. The summed E-state index contributed by atoms with van der Waals surface area (Å²) in [6.45, 7) is 0.562. The summed E-state index contributed by atoms with van der Waals surface area (Å²) in [6, 6.07) is 11.4. The van der Waals surface area contributed by atoms with Crippen LogP contribution in [0, 0.1) is 17.2 Å². The highest BCUT2D eigenvalue weighted by molar-refractivity contribution is 5.19. The Kier molecular flexibility index (Phi) is 4.29. The molecule has 0 bridgehead atoms. The predicted octanol–water partition coefficient (Wildman–Crippen LogP) is 1.42. The second-order valence-electron chi connectivity index (χ2n) is 3.85. The summed E-state index contributed by atoms with van der Waals surface area (Å²) < 4.78 is 0. The third-order valence-electron chi connectivity index (χ3n) is 2.25. The van der Waals surface area contributed by atoms with Gasteiger partial charge in [-0.25, -0.2) is 0 Å². The number of hydrogen-bond acceptors (Lipinski definition) is 3. The van der Waals surface area contributed by atoms with Crippen LogP contribution in [-0.4, -0.2) is 30.6 Å². The minimum Gasteiger partial charge on any atom is -0.387 e. The van der Waals surface area contributed by atoms with Gasteiger partial charge in [-0.15, -0.1) is 0 Å². The molecule has 0 fully saturated rings. The zero-order chi connectivity index (χ0) is 11.3. The van der Waals surface area contributed by atoms with Crippen LogP contribution < -0.4 is 0 Å². The monoisotopic (exact) mass is 204 g/mol. The molecule has 1 aromatic rings. The van der Waals surface area contributed by atoms with Gasteiger partial charge in [-0.2, -0.15) is 5.26 Å². The maximum Gasteiger partial charge on any atom is 0.0960 e. The average Bonchev–Trinajstić information content (AvgIpc) is 2.26. The summed E-state index contributed by atoms with van der Waals surface area (Å²) in [5, 5.41) is 18.9. The predicted molar refractivity (Wildman–Crippen MR) is 59.1 cm³/mol. The first kappa shape index (κ1) is 11.7. The maximum atomic E-state index is 9.98. The first-order chi connectivity index (χ1) is 7.15. The summed E-state index contributed by atoms with van der Waals surface area (Å²) in [5.41, 5.74) is 0.797. The van der Waals surface area contributed by atoms with Crippen LogP contribution in [0.3, 0.4) is 0 Å². The molecule has 0 saturated heterocycles. The molecule has 2 unspecified atom stereocenters. The van der Waals surface area contributed by atoms with Crippen molar-refractivity contribution in [3.05, 3.63) is 35.9 Å². The van der Waals surface area contributed by atoms with Gasteiger partial charge < -0.3 is 10.0 Å². The fraction of sp³-hybridized carbons (Fsp3) is 0.417. The Bertz CT molecular complexity index is 329. The molecule has 15 heavy (non-hydrogen) atoms. The third kappa shape index (κ3) is 3.35. The highest BCUT2D eigenvalue weighted by Crippen LogP contribution is 2.21. The van der Waals surface area contributed by atoms with Gasteiger partial charge in [0.2, 0.25) is 0 Å². The molecule has 0 amide bonds. The van der Waals surface area contributed by atoms with Gasteiger partial charge in [-0.3, -0.25) is 0 Å². The fourth-order valence-corrected chi connectivity index (χ4v) is 1.49. The van der Waals surface area contributed by atoms with E-state index in [1.54, 1.807) is 0 Å². The normalized spacial score (nSPS) is 14.6. The molecule has 0 aliphatic rings. The summed E-state index contributed by atoms with van der Waals surface area (Å²) in [6.07, 6.45) is -0.710. The van der Waals surface area contributed by atoms with E-state index in [2.05, 4.69) is 6.07 Å². The van der Waals surface area contributed by atoms with Gasteiger partial charge in [0, 0.05) is 6.54 Å². The van der Waals surface area contributed by atoms with Crippen LogP contribution in [0.2, 0.25) is 0 Å². The average molecular weight is 204 g/mol. The molecule has 1 N–H and O–H groups in total. The SMILES string of the molecule is CN(C)CC(C#N)C(O)c1ccccc1. The highest BCUT2D eigenvalue weighted by Gasteiger charge is 2.20. The van der Waals surface area contributed by atoms with Crippen LogP contribution in [0.25, 0.3) is 0 Å². The third-order valence-corrected chi connectivity index (χ3v) is 2.25. The summed E-state index contributed by atoms with van der Waals surface area (Å²) in [4.78, 5) is 1.90. The lowest BCUT2D eigenvalue weighted by Gasteiger charge is -2.20. The Hall–Kier alpha value is -1.37. The lowest BCUT2D eigenvalue weighted by atomic mass is 9.97. The fourth-order valence-electron chi connectivity index (χ4n) is 1.49. The van der Waals surface area contributed by atoms with Gasteiger partial charge >= 0.3 is 0 Å². The van der Waals surface area contributed by atoms with Crippen molar-refractivity contribution in [2.24, 2.45) is 5.92 Å². The number of aliphatic hydroxyl groups is 1. The lowest BCUT2D eigenvalue weighted by Crippen LogP contribution is -2.25. The van der Waals surface area contributed by atoms with Gasteiger partial charge in [-0.1, -0.05) is 30.3 Å². The molecule has 0 aliphatic carbocycles. The minimum atomic E-state index is -0.710. The van der Waals surface area contributed by atoms with Gasteiger partial charge in [0.15, 0.2) is 0 Å². The standard InChI is InChI=1S/C12H16N2O/c1-14(2)9-11(8-13)12(15)10-6-4-3-5-7-10/h3-7,11-12,15H,9H2,1-2H3. The van der Waals surface area contributed by atoms with Crippen LogP contribution in [-0.2, 0) is 0 Å². The van der Waals surface area contributed by atoms with E-state index in [9.17, 15) is 5.11 Å². The van der Waals surface area contributed by atoms with Gasteiger partial charge in [0.1, 0.15) is 0 Å².